The molecule has 2 N–H and O–H groups in total. The molecule has 0 aliphatic rings. The molecule has 0 radical (unpaired) electrons. The Morgan fingerprint density at radius 2 is 1.78 bits per heavy atom. The minimum atomic E-state index is -0.361. The number of amides is 2. The van der Waals surface area contributed by atoms with E-state index < -0.39 is 0 Å². The molecule has 2 aromatic rings. The molecule has 0 fully saturated rings. The summed E-state index contributed by atoms with van der Waals surface area (Å²) < 4.78 is 6.54. The predicted molar refractivity (Wildman–Crippen MR) is 97.1 cm³/mol. The molecular formula is C16H14Br2N2O3. The van der Waals surface area contributed by atoms with E-state index in [1.54, 1.807) is 30.3 Å². The number of nitrogens with one attached hydrogen (secondary N) is 2. The van der Waals surface area contributed by atoms with E-state index in [0.717, 1.165) is 0 Å². The first kappa shape index (κ1) is 17.5. The maximum atomic E-state index is 12.6. The zero-order chi connectivity index (χ0) is 17.0. The zero-order valence-corrected chi connectivity index (χ0v) is 15.6. The molecule has 0 saturated heterocycles. The first-order valence-corrected chi connectivity index (χ1v) is 8.22. The molecule has 0 saturated carbocycles. The second-order valence-electron chi connectivity index (χ2n) is 4.65. The van der Waals surface area contributed by atoms with E-state index in [2.05, 4.69) is 42.5 Å². The number of ether oxygens (including phenoxy) is 1. The Hall–Kier alpha value is -1.86. The Kier molecular flexibility index (Phi) is 5.79. The monoisotopic (exact) mass is 440 g/mol. The van der Waals surface area contributed by atoms with E-state index in [1.807, 2.05) is 6.07 Å². The quantitative estimate of drug-likeness (QED) is 0.737. The van der Waals surface area contributed by atoms with Crippen LogP contribution in [-0.4, -0.2) is 18.9 Å². The molecule has 2 aromatic carbocycles. The Morgan fingerprint density at radius 1 is 1.09 bits per heavy atom. The first-order valence-electron chi connectivity index (χ1n) is 6.63. The van der Waals surface area contributed by atoms with E-state index in [0.29, 0.717) is 31.6 Å². The van der Waals surface area contributed by atoms with Crippen LogP contribution in [0.5, 0.6) is 5.75 Å². The average molecular weight is 442 g/mol. The number of hydrogen-bond acceptors (Lipinski definition) is 3. The van der Waals surface area contributed by atoms with Crippen LogP contribution in [0.4, 0.5) is 11.4 Å². The van der Waals surface area contributed by atoms with E-state index in [9.17, 15) is 9.59 Å². The fourth-order valence-electron chi connectivity index (χ4n) is 1.99. The van der Waals surface area contributed by atoms with Gasteiger partial charge >= 0.3 is 0 Å². The van der Waals surface area contributed by atoms with Gasteiger partial charge in [-0.05, 0) is 40.2 Å². The summed E-state index contributed by atoms with van der Waals surface area (Å²) in [6.07, 6.45) is 0. The summed E-state index contributed by atoms with van der Waals surface area (Å²) in [6, 6.07) is 10.5. The highest BCUT2D eigenvalue weighted by molar-refractivity contribution is 9.11. The molecule has 0 heterocycles. The van der Waals surface area contributed by atoms with Crippen molar-refractivity contribution in [2.45, 2.75) is 6.92 Å². The Balaban J connectivity index is 2.40. The lowest BCUT2D eigenvalue weighted by molar-refractivity contribution is -0.114. The van der Waals surface area contributed by atoms with Crippen LogP contribution in [0.25, 0.3) is 0 Å². The molecule has 5 nitrogen and oxygen atoms in total. The summed E-state index contributed by atoms with van der Waals surface area (Å²) in [5, 5.41) is 5.45. The van der Waals surface area contributed by atoms with Crippen molar-refractivity contribution in [1.29, 1.82) is 0 Å². The van der Waals surface area contributed by atoms with Crippen molar-refractivity contribution >= 4 is 55.0 Å². The number of methoxy groups -OCH3 is 1. The van der Waals surface area contributed by atoms with Gasteiger partial charge in [-0.1, -0.05) is 28.1 Å². The number of anilines is 2. The molecule has 0 atom stereocenters. The predicted octanol–water partition coefficient (Wildman–Crippen LogP) is 4.43. The fourth-order valence-corrected chi connectivity index (χ4v) is 3.32. The summed E-state index contributed by atoms with van der Waals surface area (Å²) in [5.74, 6) is -0.0735. The van der Waals surface area contributed by atoms with Crippen LogP contribution in [0, 0.1) is 0 Å². The van der Waals surface area contributed by atoms with Gasteiger partial charge in [0.25, 0.3) is 5.91 Å². The second kappa shape index (κ2) is 7.61. The minimum Gasteiger partial charge on any atom is -0.495 e. The van der Waals surface area contributed by atoms with Crippen LogP contribution in [0.3, 0.4) is 0 Å². The maximum Gasteiger partial charge on any atom is 0.257 e. The Bertz CT molecular complexity index is 763. The molecule has 2 rings (SSSR count). The molecule has 120 valence electrons. The van der Waals surface area contributed by atoms with Crippen LogP contribution in [0.2, 0.25) is 0 Å². The zero-order valence-electron chi connectivity index (χ0n) is 12.4. The van der Waals surface area contributed by atoms with Gasteiger partial charge < -0.3 is 15.4 Å². The Labute approximate surface area is 150 Å². The number of benzene rings is 2. The molecule has 0 spiro atoms. The number of para-hydroxylation sites is 2. The summed E-state index contributed by atoms with van der Waals surface area (Å²) in [5.41, 5.74) is 1.28. The van der Waals surface area contributed by atoms with Crippen LogP contribution < -0.4 is 15.4 Å². The molecule has 0 aromatic heterocycles. The molecule has 0 aliphatic heterocycles. The van der Waals surface area contributed by atoms with Crippen LogP contribution in [-0.2, 0) is 4.79 Å². The van der Waals surface area contributed by atoms with Crippen molar-refractivity contribution in [2.75, 3.05) is 17.7 Å². The average Bonchev–Trinajstić information content (AvgIpc) is 2.49. The molecule has 0 bridgehead atoms. The lowest BCUT2D eigenvalue weighted by Gasteiger charge is -2.14. The third-order valence-corrected chi connectivity index (χ3v) is 4.04. The van der Waals surface area contributed by atoms with Crippen molar-refractivity contribution in [3.63, 3.8) is 0 Å². The van der Waals surface area contributed by atoms with Gasteiger partial charge in [-0.15, -0.1) is 0 Å². The van der Waals surface area contributed by atoms with Gasteiger partial charge in [-0.25, -0.2) is 0 Å². The minimum absolute atomic E-state index is 0.264. The first-order chi connectivity index (χ1) is 10.9. The number of hydrogen-bond donors (Lipinski definition) is 2. The standard InChI is InChI=1S/C16H14Br2N2O3/c1-9(21)19-15-11(7-10(17)8-12(15)18)16(22)20-13-5-3-4-6-14(13)23-2/h3-8H,1-2H3,(H,19,21)(H,20,22). The van der Waals surface area contributed by atoms with Gasteiger partial charge in [0.1, 0.15) is 5.75 Å². The van der Waals surface area contributed by atoms with E-state index in [1.165, 1.54) is 14.0 Å². The highest BCUT2D eigenvalue weighted by Gasteiger charge is 2.18. The van der Waals surface area contributed by atoms with Gasteiger partial charge in [0, 0.05) is 15.9 Å². The largest absolute Gasteiger partial charge is 0.495 e. The normalized spacial score (nSPS) is 10.1. The number of rotatable bonds is 4. The van der Waals surface area contributed by atoms with Crippen molar-refractivity contribution in [2.24, 2.45) is 0 Å². The topological polar surface area (TPSA) is 67.4 Å². The van der Waals surface area contributed by atoms with Gasteiger partial charge in [0.2, 0.25) is 5.91 Å². The fraction of sp³-hybridized carbons (Fsp3) is 0.125. The van der Waals surface area contributed by atoms with E-state index in [4.69, 9.17) is 4.74 Å². The molecule has 23 heavy (non-hydrogen) atoms. The number of carbonyl (C=O) groups is 2. The number of carbonyl (C=O) groups excluding carboxylic acids is 2. The lowest BCUT2D eigenvalue weighted by atomic mass is 10.1. The van der Waals surface area contributed by atoms with Crippen molar-refractivity contribution in [3.8, 4) is 5.75 Å². The van der Waals surface area contributed by atoms with Crippen LogP contribution in [0.15, 0.2) is 45.3 Å². The molecule has 0 aliphatic carbocycles. The lowest BCUT2D eigenvalue weighted by Crippen LogP contribution is -2.17. The van der Waals surface area contributed by atoms with Crippen LogP contribution >= 0.6 is 31.9 Å². The molecule has 2 amide bonds. The smallest absolute Gasteiger partial charge is 0.257 e. The SMILES string of the molecule is COc1ccccc1NC(=O)c1cc(Br)cc(Br)c1NC(C)=O. The van der Waals surface area contributed by atoms with Crippen molar-refractivity contribution in [3.05, 3.63) is 50.9 Å². The van der Waals surface area contributed by atoms with Gasteiger partial charge in [-0.2, -0.15) is 0 Å². The third-order valence-electron chi connectivity index (χ3n) is 2.96. The summed E-state index contributed by atoms with van der Waals surface area (Å²) in [6.45, 7) is 1.39. The van der Waals surface area contributed by atoms with Crippen molar-refractivity contribution < 1.29 is 14.3 Å². The molecule has 7 heteroatoms. The third kappa shape index (κ3) is 4.33. The van der Waals surface area contributed by atoms with E-state index in [-0.39, 0.29) is 11.8 Å². The highest BCUT2D eigenvalue weighted by atomic mass is 79.9. The van der Waals surface area contributed by atoms with Gasteiger partial charge in [0.05, 0.1) is 24.0 Å². The summed E-state index contributed by atoms with van der Waals surface area (Å²) >= 11 is 6.71. The maximum absolute atomic E-state index is 12.6. The highest BCUT2D eigenvalue weighted by Crippen LogP contribution is 2.32. The van der Waals surface area contributed by atoms with Gasteiger partial charge in [-0.3, -0.25) is 9.59 Å². The number of halogens is 2. The molecule has 0 unspecified atom stereocenters. The van der Waals surface area contributed by atoms with Crippen LogP contribution in [0.1, 0.15) is 17.3 Å². The van der Waals surface area contributed by atoms with Gasteiger partial charge in [0.15, 0.2) is 0 Å². The van der Waals surface area contributed by atoms with Crippen molar-refractivity contribution in [1.82, 2.24) is 0 Å². The second-order valence-corrected chi connectivity index (χ2v) is 6.42. The summed E-state index contributed by atoms with van der Waals surface area (Å²) in [4.78, 5) is 24.0. The summed E-state index contributed by atoms with van der Waals surface area (Å²) in [7, 11) is 1.53. The van der Waals surface area contributed by atoms with E-state index >= 15 is 0 Å². The molecular weight excluding hydrogens is 428 g/mol. The Morgan fingerprint density at radius 3 is 2.43 bits per heavy atom.